The van der Waals surface area contributed by atoms with Crippen molar-refractivity contribution < 1.29 is 27.6 Å². The van der Waals surface area contributed by atoms with E-state index in [1.807, 2.05) is 0 Å². The van der Waals surface area contributed by atoms with E-state index in [2.05, 4.69) is 6.07 Å². The van der Waals surface area contributed by atoms with Crippen LogP contribution in [0.5, 0.6) is 0 Å². The molecule has 1 aromatic rings. The Morgan fingerprint density at radius 2 is 1.89 bits per heavy atom. The number of halogens is 2. The van der Waals surface area contributed by atoms with Crippen molar-refractivity contribution in [3.05, 3.63) is 35.9 Å². The van der Waals surface area contributed by atoms with Gasteiger partial charge in [-0.25, -0.2) is 4.39 Å². The van der Waals surface area contributed by atoms with Crippen LogP contribution in [0.1, 0.15) is 0 Å². The second-order valence-electron chi connectivity index (χ2n) is 1.34. The van der Waals surface area contributed by atoms with Gasteiger partial charge < -0.3 is 0 Å². The van der Waals surface area contributed by atoms with E-state index in [-0.39, 0.29) is 18.9 Å². The minimum Gasteiger partial charge on any atom is -0.281 e. The fraction of sp³-hybridized carbons (Fsp3) is 0. The van der Waals surface area contributed by atoms with Crippen LogP contribution in [0.4, 0.5) is 8.78 Å². The molecule has 0 amide bonds. The summed E-state index contributed by atoms with van der Waals surface area (Å²) in [5.74, 6) is -1.68. The molecule has 0 spiro atoms. The smallest absolute Gasteiger partial charge is 0.281 e. The second kappa shape index (κ2) is 3.66. The van der Waals surface area contributed by atoms with Crippen LogP contribution in [0.2, 0.25) is 0 Å². The van der Waals surface area contributed by atoms with Gasteiger partial charge in [0.05, 0.1) is 0 Å². The summed E-state index contributed by atoms with van der Waals surface area (Å²) >= 11 is 0. The number of benzene rings is 1. The summed E-state index contributed by atoms with van der Waals surface area (Å²) in [5.41, 5.74) is 0. The zero-order chi connectivity index (χ0) is 5.98. The van der Waals surface area contributed by atoms with Gasteiger partial charge in [0.15, 0.2) is 0 Å². The first-order chi connectivity index (χ1) is 3.80. The van der Waals surface area contributed by atoms with Crippen LogP contribution in [-0.4, -0.2) is 0 Å². The molecule has 0 bridgehead atoms. The van der Waals surface area contributed by atoms with Gasteiger partial charge in [0, 0.05) is 11.6 Å². The zero-order valence-corrected chi connectivity index (χ0v) is 4.99. The van der Waals surface area contributed by atoms with Crippen molar-refractivity contribution in [2.75, 3.05) is 0 Å². The van der Waals surface area contributed by atoms with E-state index in [0.29, 0.717) is 0 Å². The first-order valence-electron chi connectivity index (χ1n) is 2.12. The Morgan fingerprint density at radius 3 is 2.22 bits per heavy atom. The third-order valence-electron chi connectivity index (χ3n) is 0.764. The number of rotatable bonds is 0. The number of hydrogen-bond acceptors (Lipinski definition) is 0. The van der Waals surface area contributed by atoms with E-state index in [0.717, 1.165) is 12.1 Å². The minimum atomic E-state index is -0.854. The molecule has 0 fully saturated rings. The van der Waals surface area contributed by atoms with Crippen molar-refractivity contribution in [2.45, 2.75) is 0 Å². The van der Waals surface area contributed by atoms with Gasteiger partial charge >= 0.3 is 18.9 Å². The Kier molecular flexibility index (Phi) is 3.52. The van der Waals surface area contributed by atoms with Crippen LogP contribution in [0.15, 0.2) is 18.2 Å². The molecule has 0 atom stereocenters. The molecule has 1 rings (SSSR count). The third-order valence-corrected chi connectivity index (χ3v) is 0.764. The molecule has 0 aromatic heterocycles. The first-order valence-corrected chi connectivity index (χ1v) is 2.12. The van der Waals surface area contributed by atoms with Crippen LogP contribution in [0, 0.1) is 17.7 Å². The largest absolute Gasteiger partial charge is 1.00 e. The van der Waals surface area contributed by atoms with Gasteiger partial charge in [0.1, 0.15) is 0 Å². The van der Waals surface area contributed by atoms with Crippen molar-refractivity contribution in [3.63, 3.8) is 0 Å². The molecule has 0 aliphatic carbocycles. The van der Waals surface area contributed by atoms with Crippen molar-refractivity contribution in [2.24, 2.45) is 0 Å². The van der Waals surface area contributed by atoms with Gasteiger partial charge in [0.2, 0.25) is 0 Å². The normalized spacial score (nSPS) is 8.22. The Bertz CT molecular complexity index is 167. The first kappa shape index (κ1) is 8.68. The van der Waals surface area contributed by atoms with E-state index in [1.54, 1.807) is 0 Å². The van der Waals surface area contributed by atoms with Gasteiger partial charge in [0.25, 0.3) is 0 Å². The maximum absolute atomic E-state index is 11.9. The van der Waals surface area contributed by atoms with Crippen molar-refractivity contribution in [3.8, 4) is 0 Å². The van der Waals surface area contributed by atoms with Gasteiger partial charge in [-0.05, 0) is 0 Å². The Morgan fingerprint density at radius 1 is 1.22 bits per heavy atom. The van der Waals surface area contributed by atoms with E-state index < -0.39 is 11.6 Å². The topological polar surface area (TPSA) is 0 Å². The Balaban J connectivity index is 0.000000640. The second-order valence-corrected chi connectivity index (χ2v) is 1.34. The van der Waals surface area contributed by atoms with Crippen LogP contribution in [0.25, 0.3) is 0 Å². The summed E-state index contributed by atoms with van der Waals surface area (Å²) in [6.07, 6.45) is 0. The molecule has 0 aliphatic rings. The fourth-order valence-electron chi connectivity index (χ4n) is 0.391. The van der Waals surface area contributed by atoms with Crippen LogP contribution >= 0.6 is 0 Å². The molecule has 0 saturated carbocycles. The SMILES string of the molecule is Fc1c[c-]ccc1F.[Li+]. The summed E-state index contributed by atoms with van der Waals surface area (Å²) in [6.45, 7) is 0. The summed E-state index contributed by atoms with van der Waals surface area (Å²) in [7, 11) is 0. The Hall–Kier alpha value is -0.323. The van der Waals surface area contributed by atoms with Gasteiger partial charge in [-0.15, -0.1) is 12.1 Å². The van der Waals surface area contributed by atoms with E-state index >= 15 is 0 Å². The molecule has 1 aromatic carbocycles. The molecule has 0 nitrogen and oxygen atoms in total. The maximum atomic E-state index is 11.9. The van der Waals surface area contributed by atoms with Gasteiger partial charge in [-0.3, -0.25) is 4.39 Å². The molecule has 0 radical (unpaired) electrons. The molecular formula is C6H3F2Li. The van der Waals surface area contributed by atoms with E-state index in [9.17, 15) is 8.78 Å². The monoisotopic (exact) mass is 120 g/mol. The maximum Gasteiger partial charge on any atom is 1.00 e. The predicted molar refractivity (Wildman–Crippen MR) is 25.2 cm³/mol. The average Bonchev–Trinajstić information content (AvgIpc) is 1.77. The zero-order valence-electron chi connectivity index (χ0n) is 4.99. The fourth-order valence-corrected chi connectivity index (χ4v) is 0.391. The van der Waals surface area contributed by atoms with Crippen molar-refractivity contribution in [1.29, 1.82) is 0 Å². The molecule has 42 valence electrons. The summed E-state index contributed by atoms with van der Waals surface area (Å²) in [4.78, 5) is 0. The van der Waals surface area contributed by atoms with Crippen LogP contribution in [0.3, 0.4) is 0 Å². The average molecular weight is 120 g/mol. The summed E-state index contributed by atoms with van der Waals surface area (Å²) < 4.78 is 23.8. The molecule has 0 heterocycles. The van der Waals surface area contributed by atoms with Crippen molar-refractivity contribution in [1.82, 2.24) is 0 Å². The van der Waals surface area contributed by atoms with Crippen LogP contribution in [-0.2, 0) is 0 Å². The molecule has 9 heavy (non-hydrogen) atoms. The van der Waals surface area contributed by atoms with Crippen molar-refractivity contribution >= 4 is 0 Å². The van der Waals surface area contributed by atoms with E-state index in [4.69, 9.17) is 0 Å². The quantitative estimate of drug-likeness (QED) is 0.297. The molecule has 0 aliphatic heterocycles. The van der Waals surface area contributed by atoms with Gasteiger partial charge in [-0.2, -0.15) is 12.1 Å². The third kappa shape index (κ3) is 2.17. The molecule has 0 N–H and O–H groups in total. The number of hydrogen-bond donors (Lipinski definition) is 0. The van der Waals surface area contributed by atoms with E-state index in [1.165, 1.54) is 6.07 Å². The van der Waals surface area contributed by atoms with Crippen LogP contribution < -0.4 is 18.9 Å². The Labute approximate surface area is 64.1 Å². The summed E-state index contributed by atoms with van der Waals surface area (Å²) in [5, 5.41) is 0. The summed E-state index contributed by atoms with van der Waals surface area (Å²) in [6, 6.07) is 5.68. The molecule has 0 saturated heterocycles. The minimum absolute atomic E-state index is 0. The predicted octanol–water partition coefficient (Wildman–Crippen LogP) is -1.23. The molecule has 3 heteroatoms. The van der Waals surface area contributed by atoms with Gasteiger partial charge in [-0.1, -0.05) is 0 Å². The molecular weight excluding hydrogens is 117 g/mol. The molecule has 0 unspecified atom stereocenters. The standard InChI is InChI=1S/C6H3F2.Li/c7-5-3-1-2-4-6(5)8;/h1,3-4H;/q-1;+1.